The maximum absolute atomic E-state index is 12.6. The molecule has 162 valence electrons. The van der Waals surface area contributed by atoms with E-state index in [0.717, 1.165) is 45.1 Å². The van der Waals surface area contributed by atoms with Gasteiger partial charge in [-0.05, 0) is 53.4 Å². The number of benzene rings is 2. The summed E-state index contributed by atoms with van der Waals surface area (Å²) in [4.78, 5) is 14.6. The van der Waals surface area contributed by atoms with Crippen molar-refractivity contribution in [2.75, 3.05) is 20.8 Å². The summed E-state index contributed by atoms with van der Waals surface area (Å²) >= 11 is 1.65. The molecule has 0 aromatic heterocycles. The fourth-order valence-electron chi connectivity index (χ4n) is 3.90. The molecular formula is C26H29NO3S. The minimum Gasteiger partial charge on any atom is -0.497 e. The van der Waals surface area contributed by atoms with Crippen molar-refractivity contribution in [3.05, 3.63) is 93.9 Å². The Morgan fingerprint density at radius 3 is 2.45 bits per heavy atom. The van der Waals surface area contributed by atoms with Crippen LogP contribution in [0.2, 0.25) is 0 Å². The molecule has 1 heterocycles. The quantitative estimate of drug-likeness (QED) is 0.320. The van der Waals surface area contributed by atoms with E-state index < -0.39 is 5.54 Å². The Morgan fingerprint density at radius 1 is 1.13 bits per heavy atom. The highest BCUT2D eigenvalue weighted by atomic mass is 32.2. The predicted octanol–water partition coefficient (Wildman–Crippen LogP) is 6.83. The Hall–Kier alpha value is -2.63. The fourth-order valence-corrected chi connectivity index (χ4v) is 5.17. The van der Waals surface area contributed by atoms with Gasteiger partial charge in [-0.3, -0.25) is 0 Å². The zero-order valence-electron chi connectivity index (χ0n) is 18.6. The van der Waals surface area contributed by atoms with Gasteiger partial charge in [0.2, 0.25) is 0 Å². The molecule has 1 atom stereocenters. The van der Waals surface area contributed by atoms with E-state index >= 15 is 0 Å². The average Bonchev–Trinajstić information content (AvgIpc) is 2.79. The number of nitrogens with zero attached hydrogens (tertiary/aromatic N) is 1. The van der Waals surface area contributed by atoms with Crippen LogP contribution in [0.4, 0.5) is 0 Å². The molecule has 2 aromatic carbocycles. The van der Waals surface area contributed by atoms with Crippen LogP contribution >= 0.6 is 11.8 Å². The highest BCUT2D eigenvalue weighted by Gasteiger charge is 2.45. The molecule has 0 aliphatic carbocycles. The predicted molar refractivity (Wildman–Crippen MR) is 128 cm³/mol. The molecule has 0 fully saturated rings. The van der Waals surface area contributed by atoms with Crippen LogP contribution in [0.25, 0.3) is 0 Å². The lowest BCUT2D eigenvalue weighted by Gasteiger charge is -2.35. The van der Waals surface area contributed by atoms with Crippen LogP contribution in [0.5, 0.6) is 5.75 Å². The van der Waals surface area contributed by atoms with E-state index in [1.165, 1.54) is 5.56 Å². The average molecular weight is 436 g/mol. The highest BCUT2D eigenvalue weighted by Crippen LogP contribution is 2.54. The summed E-state index contributed by atoms with van der Waals surface area (Å²) in [7, 11) is 3.30. The summed E-state index contributed by atoms with van der Waals surface area (Å²) in [5.74, 6) is 0.747. The van der Waals surface area contributed by atoms with Crippen molar-refractivity contribution < 1.29 is 9.47 Å². The van der Waals surface area contributed by atoms with Crippen molar-refractivity contribution in [1.29, 1.82) is 0 Å². The molecule has 0 spiro atoms. The van der Waals surface area contributed by atoms with Gasteiger partial charge in [0, 0.05) is 28.0 Å². The monoisotopic (exact) mass is 435 g/mol. The van der Waals surface area contributed by atoms with Crippen LogP contribution in [0.15, 0.2) is 87.3 Å². The van der Waals surface area contributed by atoms with Gasteiger partial charge in [0.1, 0.15) is 5.75 Å². The molecule has 1 aliphatic rings. The van der Waals surface area contributed by atoms with Gasteiger partial charge in [0.15, 0.2) is 5.54 Å². The summed E-state index contributed by atoms with van der Waals surface area (Å²) in [6.07, 6.45) is 7.85. The molecule has 0 bridgehead atoms. The van der Waals surface area contributed by atoms with E-state index in [2.05, 4.69) is 30.8 Å². The molecule has 0 saturated carbocycles. The zero-order valence-corrected chi connectivity index (χ0v) is 19.4. The molecule has 2 aromatic rings. The number of aryl methyl sites for hydroxylation is 1. The van der Waals surface area contributed by atoms with Gasteiger partial charge < -0.3 is 9.47 Å². The smallest absolute Gasteiger partial charge is 0.179 e. The molecule has 0 amide bonds. The molecule has 31 heavy (non-hydrogen) atoms. The van der Waals surface area contributed by atoms with Crippen LogP contribution in [0.3, 0.4) is 0 Å². The molecule has 0 radical (unpaired) electrons. The summed E-state index contributed by atoms with van der Waals surface area (Å²) in [6.45, 7) is 8.91. The Bertz CT molecular complexity index is 1040. The van der Waals surface area contributed by atoms with Gasteiger partial charge in [0.05, 0.1) is 13.7 Å². The Balaban J connectivity index is 2.19. The maximum atomic E-state index is 12.6. The second kappa shape index (κ2) is 10.1. The lowest BCUT2D eigenvalue weighted by molar-refractivity contribution is 0.228. The first kappa shape index (κ1) is 23.0. The number of hydrogen-bond acceptors (Lipinski definition) is 5. The van der Waals surface area contributed by atoms with Gasteiger partial charge in [-0.1, -0.05) is 68.1 Å². The van der Waals surface area contributed by atoms with Crippen LogP contribution in [-0.2, 0) is 16.7 Å². The molecule has 0 saturated heterocycles. The molecule has 0 N–H and O–H groups in total. The summed E-state index contributed by atoms with van der Waals surface area (Å²) < 4.78 is 10.7. The van der Waals surface area contributed by atoms with Crippen molar-refractivity contribution >= 4 is 11.8 Å². The van der Waals surface area contributed by atoms with Crippen LogP contribution < -0.4 is 4.74 Å². The number of rotatable bonds is 9. The number of methoxy groups -OCH3 is 2. The molecule has 1 unspecified atom stereocenters. The van der Waals surface area contributed by atoms with Crippen LogP contribution in [0.1, 0.15) is 37.0 Å². The normalized spacial score (nSPS) is 17.9. The Kier molecular flexibility index (Phi) is 7.52. The van der Waals surface area contributed by atoms with Crippen molar-refractivity contribution in [3.8, 4) is 5.75 Å². The van der Waals surface area contributed by atoms with E-state index in [1.54, 1.807) is 26.0 Å². The third kappa shape index (κ3) is 4.39. The van der Waals surface area contributed by atoms with Gasteiger partial charge in [-0.15, -0.1) is 4.91 Å². The number of allylic oxidation sites excluding steroid dienone is 1. The molecule has 1 aliphatic heterocycles. The molecule has 4 nitrogen and oxygen atoms in total. The van der Waals surface area contributed by atoms with Gasteiger partial charge >= 0.3 is 0 Å². The lowest BCUT2D eigenvalue weighted by Crippen LogP contribution is -2.30. The van der Waals surface area contributed by atoms with Crippen molar-refractivity contribution in [3.63, 3.8) is 0 Å². The molecule has 5 heteroatoms. The molecular weight excluding hydrogens is 406 g/mol. The Labute approximate surface area is 189 Å². The zero-order chi connectivity index (χ0) is 22.4. The first-order chi connectivity index (χ1) is 15.0. The highest BCUT2D eigenvalue weighted by molar-refractivity contribution is 7.99. The fraction of sp³-hybridized carbons (Fsp3) is 0.308. The number of fused-ring (bicyclic) bond motifs is 2. The minimum atomic E-state index is -1.20. The first-order valence-electron chi connectivity index (χ1n) is 10.4. The van der Waals surface area contributed by atoms with E-state index in [9.17, 15) is 4.91 Å². The summed E-state index contributed by atoms with van der Waals surface area (Å²) in [6, 6.07) is 12.1. The number of hydrogen-bond donors (Lipinski definition) is 0. The summed E-state index contributed by atoms with van der Waals surface area (Å²) in [5, 5.41) is 3.74. The lowest BCUT2D eigenvalue weighted by atomic mass is 9.77. The third-order valence-electron chi connectivity index (χ3n) is 5.56. The van der Waals surface area contributed by atoms with Gasteiger partial charge in [-0.2, -0.15) is 0 Å². The van der Waals surface area contributed by atoms with Crippen LogP contribution in [0, 0.1) is 4.91 Å². The van der Waals surface area contributed by atoms with Crippen molar-refractivity contribution in [1.82, 2.24) is 0 Å². The number of ether oxygens (including phenoxy) is 2. The van der Waals surface area contributed by atoms with Crippen LogP contribution in [-0.4, -0.2) is 20.8 Å². The molecule has 3 rings (SSSR count). The standard InChI is InChI=1S/C26H29NO3S/c1-6-8-20-11-13-22-24(15-20)31-25-16-21(30-5)12-14-23(25)26(22,27-28)18(3)9-10-19(7-2)17-29-4/h7,9-16H,3,6,8,17H2,1-2,4-5H3/b10-9?,19-7+. The Morgan fingerprint density at radius 2 is 1.84 bits per heavy atom. The third-order valence-corrected chi connectivity index (χ3v) is 6.67. The maximum Gasteiger partial charge on any atom is 0.179 e. The number of nitroso groups, excluding NO2 is 1. The minimum absolute atomic E-state index is 0.488. The van der Waals surface area contributed by atoms with E-state index in [1.807, 2.05) is 49.4 Å². The second-order valence-corrected chi connectivity index (χ2v) is 8.59. The van der Waals surface area contributed by atoms with Gasteiger partial charge in [-0.25, -0.2) is 0 Å². The summed E-state index contributed by atoms with van der Waals surface area (Å²) in [5.41, 5.74) is 3.37. The largest absolute Gasteiger partial charge is 0.497 e. The first-order valence-corrected chi connectivity index (χ1v) is 11.2. The van der Waals surface area contributed by atoms with E-state index in [4.69, 9.17) is 9.47 Å². The van der Waals surface area contributed by atoms with Crippen molar-refractivity contribution in [2.45, 2.75) is 42.0 Å². The van der Waals surface area contributed by atoms with Crippen molar-refractivity contribution in [2.24, 2.45) is 5.18 Å². The SMILES string of the molecule is C=C(C=C/C(=C\C)COC)C1(N=O)c2ccc(CCC)cc2Sc2cc(OC)ccc21. The van der Waals surface area contributed by atoms with E-state index in [-0.39, 0.29) is 0 Å². The second-order valence-electron chi connectivity index (χ2n) is 7.50. The topological polar surface area (TPSA) is 47.9 Å². The van der Waals surface area contributed by atoms with E-state index in [0.29, 0.717) is 12.2 Å². The van der Waals surface area contributed by atoms with Gasteiger partial charge in [0.25, 0.3) is 0 Å².